The van der Waals surface area contributed by atoms with Crippen molar-refractivity contribution in [2.45, 2.75) is 63.0 Å². The molecule has 2 atom stereocenters. The first-order valence-electron chi connectivity index (χ1n) is 12.8. The van der Waals surface area contributed by atoms with Crippen molar-refractivity contribution < 1.29 is 35.5 Å². The zero-order valence-corrected chi connectivity index (χ0v) is 22.2. The van der Waals surface area contributed by atoms with E-state index in [0.717, 1.165) is 18.7 Å². The normalized spacial score (nSPS) is 21.5. The summed E-state index contributed by atoms with van der Waals surface area (Å²) in [5, 5.41) is 3.24. The molecule has 4 nitrogen and oxygen atoms in total. The van der Waals surface area contributed by atoms with Crippen LogP contribution in [-0.2, 0) is 22.6 Å². The van der Waals surface area contributed by atoms with Crippen molar-refractivity contribution in [2.75, 3.05) is 33.2 Å². The molecule has 4 rings (SSSR count). The largest absolute Gasteiger partial charge is 0.416 e. The maximum absolute atomic E-state index is 13.9. The molecule has 39 heavy (non-hydrogen) atoms. The van der Waals surface area contributed by atoms with E-state index in [-0.39, 0.29) is 23.4 Å². The molecular formula is C28H32F7N3O. The van der Waals surface area contributed by atoms with Gasteiger partial charge >= 0.3 is 12.4 Å². The predicted molar refractivity (Wildman–Crippen MR) is 133 cm³/mol. The third kappa shape index (κ3) is 5.94. The zero-order valence-electron chi connectivity index (χ0n) is 22.2. The van der Waals surface area contributed by atoms with Crippen LogP contribution >= 0.6 is 0 Å². The molecule has 0 aliphatic carbocycles. The second kappa shape index (κ2) is 10.4. The fourth-order valence-electron chi connectivity index (χ4n) is 5.68. The van der Waals surface area contributed by atoms with Gasteiger partial charge < -0.3 is 10.2 Å². The van der Waals surface area contributed by atoms with E-state index in [4.69, 9.17) is 0 Å². The van der Waals surface area contributed by atoms with Crippen molar-refractivity contribution in [3.63, 3.8) is 0 Å². The quantitative estimate of drug-likeness (QED) is 0.475. The first-order valence-corrected chi connectivity index (χ1v) is 12.8. The van der Waals surface area contributed by atoms with E-state index in [1.807, 2.05) is 0 Å². The van der Waals surface area contributed by atoms with E-state index in [1.165, 1.54) is 30.9 Å². The lowest BCUT2D eigenvalue weighted by Crippen LogP contribution is -2.62. The van der Waals surface area contributed by atoms with Gasteiger partial charge in [-0.3, -0.25) is 9.69 Å². The SMILES string of the molecule is Cc1cc(F)ccc1C1CN(C2CNC2)CCC1N(C)C(=O)C(C)(C)c1cc(C(F)(F)F)cc(C(F)(F)F)c1. The Labute approximate surface area is 223 Å². The van der Waals surface area contributed by atoms with Crippen LogP contribution in [0.4, 0.5) is 30.7 Å². The van der Waals surface area contributed by atoms with Crippen LogP contribution in [-0.4, -0.2) is 61.0 Å². The number of nitrogens with one attached hydrogen (secondary N) is 1. The van der Waals surface area contributed by atoms with Gasteiger partial charge in [0.2, 0.25) is 5.91 Å². The number of halogens is 7. The lowest BCUT2D eigenvalue weighted by atomic mass is 9.78. The molecule has 2 saturated heterocycles. The molecule has 2 unspecified atom stereocenters. The minimum absolute atomic E-state index is 0.0616. The summed E-state index contributed by atoms with van der Waals surface area (Å²) in [7, 11) is 1.54. The maximum Gasteiger partial charge on any atom is 0.416 e. The second-order valence-corrected chi connectivity index (χ2v) is 11.1. The third-order valence-corrected chi connectivity index (χ3v) is 8.18. The van der Waals surface area contributed by atoms with Gasteiger partial charge in [-0.15, -0.1) is 0 Å². The molecule has 1 N–H and O–H groups in total. The standard InChI is InChI=1S/C28H32F7N3O/c1-16-9-20(29)5-6-22(16)23-15-38(21-13-36-14-21)8-7-24(23)37(4)25(39)26(2,3)17-10-18(27(30,31)32)12-19(11-17)28(33,34)35/h5-6,9-12,21,23-24,36H,7-8,13-15H2,1-4H3. The van der Waals surface area contributed by atoms with Gasteiger partial charge in [0.15, 0.2) is 0 Å². The highest BCUT2D eigenvalue weighted by Crippen LogP contribution is 2.41. The fourth-order valence-corrected chi connectivity index (χ4v) is 5.68. The highest BCUT2D eigenvalue weighted by Gasteiger charge is 2.44. The Kier molecular flexibility index (Phi) is 7.81. The summed E-state index contributed by atoms with van der Waals surface area (Å²) in [6, 6.07) is 5.71. The molecule has 0 saturated carbocycles. The maximum atomic E-state index is 13.9. The van der Waals surface area contributed by atoms with Gasteiger partial charge in [0, 0.05) is 51.2 Å². The zero-order chi connectivity index (χ0) is 28.9. The molecule has 2 heterocycles. The molecule has 2 fully saturated rings. The van der Waals surface area contributed by atoms with Crippen LogP contribution in [0.15, 0.2) is 36.4 Å². The lowest BCUT2D eigenvalue weighted by molar-refractivity contribution is -0.144. The van der Waals surface area contributed by atoms with Crippen molar-refractivity contribution in [1.29, 1.82) is 0 Å². The average Bonchev–Trinajstić information content (AvgIpc) is 2.80. The van der Waals surface area contributed by atoms with Crippen LogP contribution in [0.1, 0.15) is 54.0 Å². The van der Waals surface area contributed by atoms with Crippen molar-refractivity contribution in [3.05, 3.63) is 70.0 Å². The van der Waals surface area contributed by atoms with E-state index in [9.17, 15) is 35.5 Å². The van der Waals surface area contributed by atoms with Gasteiger partial charge in [-0.1, -0.05) is 6.07 Å². The van der Waals surface area contributed by atoms with Crippen molar-refractivity contribution in [1.82, 2.24) is 15.1 Å². The summed E-state index contributed by atoms with van der Waals surface area (Å²) < 4.78 is 95.0. The molecule has 0 radical (unpaired) electrons. The summed E-state index contributed by atoms with van der Waals surface area (Å²) in [6.45, 7) is 7.39. The Hall–Kier alpha value is -2.66. The van der Waals surface area contributed by atoms with Crippen LogP contribution < -0.4 is 5.32 Å². The van der Waals surface area contributed by atoms with E-state index < -0.39 is 40.8 Å². The Morgan fingerprint density at radius 2 is 1.51 bits per heavy atom. The molecule has 1 amide bonds. The summed E-state index contributed by atoms with van der Waals surface area (Å²) in [5.41, 5.74) is -3.40. The number of piperidine rings is 1. The Morgan fingerprint density at radius 3 is 2.00 bits per heavy atom. The summed E-state index contributed by atoms with van der Waals surface area (Å²) >= 11 is 0. The Balaban J connectivity index is 1.70. The molecular weight excluding hydrogens is 527 g/mol. The lowest BCUT2D eigenvalue weighted by Gasteiger charge is -2.49. The van der Waals surface area contributed by atoms with E-state index in [1.54, 1.807) is 20.0 Å². The highest BCUT2D eigenvalue weighted by atomic mass is 19.4. The number of likely N-dealkylation sites (tertiary alicyclic amines) is 1. The summed E-state index contributed by atoms with van der Waals surface area (Å²) in [6.07, 6.45) is -9.49. The molecule has 2 aromatic rings. The van der Waals surface area contributed by atoms with Gasteiger partial charge in [0.1, 0.15) is 5.82 Å². The van der Waals surface area contributed by atoms with Crippen molar-refractivity contribution in [3.8, 4) is 0 Å². The van der Waals surface area contributed by atoms with Crippen molar-refractivity contribution in [2.24, 2.45) is 0 Å². The first kappa shape index (κ1) is 29.3. The van der Waals surface area contributed by atoms with Crippen LogP contribution in [0.5, 0.6) is 0 Å². The number of amides is 1. The number of rotatable bonds is 5. The number of benzene rings is 2. The number of hydrogen-bond donors (Lipinski definition) is 1. The van der Waals surface area contributed by atoms with E-state index >= 15 is 0 Å². The monoisotopic (exact) mass is 559 g/mol. The number of likely N-dealkylation sites (N-methyl/N-ethyl adjacent to an activating group) is 1. The number of nitrogens with zero attached hydrogens (tertiary/aromatic N) is 2. The summed E-state index contributed by atoms with van der Waals surface area (Å²) in [4.78, 5) is 17.6. The van der Waals surface area contributed by atoms with Gasteiger partial charge in [0.05, 0.1) is 16.5 Å². The number of carbonyl (C=O) groups excluding carboxylic acids is 1. The van der Waals surface area contributed by atoms with E-state index in [2.05, 4.69) is 10.2 Å². The van der Waals surface area contributed by atoms with Crippen molar-refractivity contribution >= 4 is 5.91 Å². The smallest absolute Gasteiger partial charge is 0.341 e. The van der Waals surface area contributed by atoms with Crippen LogP contribution in [0.2, 0.25) is 0 Å². The summed E-state index contributed by atoms with van der Waals surface area (Å²) in [5.74, 6) is -1.21. The molecule has 0 aromatic heterocycles. The molecule has 214 valence electrons. The minimum atomic E-state index is -5.02. The first-order chi connectivity index (χ1) is 18.0. The number of hydrogen-bond acceptors (Lipinski definition) is 3. The fraction of sp³-hybridized carbons (Fsp3) is 0.536. The van der Waals surface area contributed by atoms with E-state index in [0.29, 0.717) is 43.2 Å². The van der Waals surface area contributed by atoms with Gasteiger partial charge in [-0.05, 0) is 74.2 Å². The topological polar surface area (TPSA) is 35.6 Å². The van der Waals surface area contributed by atoms with Gasteiger partial charge in [-0.25, -0.2) is 4.39 Å². The Bertz CT molecular complexity index is 1190. The number of carbonyl (C=O) groups is 1. The molecule has 0 bridgehead atoms. The Morgan fingerprint density at radius 1 is 0.949 bits per heavy atom. The van der Waals surface area contributed by atoms with Crippen LogP contribution in [0, 0.1) is 12.7 Å². The minimum Gasteiger partial charge on any atom is -0.341 e. The second-order valence-electron chi connectivity index (χ2n) is 11.1. The van der Waals surface area contributed by atoms with Crippen LogP contribution in [0.25, 0.3) is 0 Å². The average molecular weight is 560 g/mol. The molecule has 2 aliphatic rings. The molecule has 11 heteroatoms. The highest BCUT2D eigenvalue weighted by molar-refractivity contribution is 5.87. The molecule has 2 aromatic carbocycles. The van der Waals surface area contributed by atoms with Gasteiger partial charge in [-0.2, -0.15) is 26.3 Å². The molecule has 0 spiro atoms. The molecule has 2 aliphatic heterocycles. The third-order valence-electron chi connectivity index (χ3n) is 8.18. The number of alkyl halides is 6. The van der Waals surface area contributed by atoms with Gasteiger partial charge in [0.25, 0.3) is 0 Å². The van der Waals surface area contributed by atoms with Crippen LogP contribution in [0.3, 0.4) is 0 Å². The predicted octanol–water partition coefficient (Wildman–Crippen LogP) is 5.74. The number of aryl methyl sites for hydroxylation is 1.